The standard InChI is InChI=1S/C14H24N2/c1-2-10-15-12-13-16-11-6-9-14-7-4-3-5-8-14/h3-5,7-8,15-16H,2,6,9-13H2,1H3. The maximum absolute atomic E-state index is 3.45. The van der Waals surface area contributed by atoms with Crippen molar-refractivity contribution in [1.29, 1.82) is 0 Å². The van der Waals surface area contributed by atoms with Crippen LogP contribution in [0.15, 0.2) is 30.3 Å². The lowest BCUT2D eigenvalue weighted by Gasteiger charge is -2.05. The zero-order valence-corrected chi connectivity index (χ0v) is 10.3. The lowest BCUT2D eigenvalue weighted by Crippen LogP contribution is -2.28. The van der Waals surface area contributed by atoms with E-state index in [1.165, 1.54) is 24.8 Å². The van der Waals surface area contributed by atoms with Gasteiger partial charge in [-0.1, -0.05) is 37.3 Å². The number of hydrogen-bond donors (Lipinski definition) is 2. The van der Waals surface area contributed by atoms with E-state index in [1.54, 1.807) is 0 Å². The maximum Gasteiger partial charge on any atom is 0.00767 e. The van der Waals surface area contributed by atoms with Gasteiger partial charge in [0, 0.05) is 13.1 Å². The van der Waals surface area contributed by atoms with Crippen LogP contribution in [0.5, 0.6) is 0 Å². The van der Waals surface area contributed by atoms with Crippen LogP contribution in [-0.2, 0) is 6.42 Å². The van der Waals surface area contributed by atoms with Crippen molar-refractivity contribution in [2.45, 2.75) is 26.2 Å². The molecule has 0 atom stereocenters. The minimum atomic E-state index is 1.08. The minimum Gasteiger partial charge on any atom is -0.315 e. The van der Waals surface area contributed by atoms with Gasteiger partial charge in [-0.2, -0.15) is 0 Å². The molecule has 0 bridgehead atoms. The Balaban J connectivity index is 1.89. The average Bonchev–Trinajstić information content (AvgIpc) is 2.34. The molecule has 0 fully saturated rings. The van der Waals surface area contributed by atoms with E-state index in [0.717, 1.165) is 26.2 Å². The summed E-state index contributed by atoms with van der Waals surface area (Å²) < 4.78 is 0. The van der Waals surface area contributed by atoms with Crippen LogP contribution < -0.4 is 10.6 Å². The molecule has 2 heteroatoms. The summed E-state index contributed by atoms with van der Waals surface area (Å²) in [5.74, 6) is 0. The summed E-state index contributed by atoms with van der Waals surface area (Å²) in [4.78, 5) is 0. The summed E-state index contributed by atoms with van der Waals surface area (Å²) in [6.07, 6.45) is 3.61. The molecule has 0 amide bonds. The summed E-state index contributed by atoms with van der Waals surface area (Å²) in [7, 11) is 0. The molecule has 16 heavy (non-hydrogen) atoms. The van der Waals surface area contributed by atoms with Crippen molar-refractivity contribution < 1.29 is 0 Å². The first-order chi connectivity index (χ1) is 7.93. The molecule has 90 valence electrons. The van der Waals surface area contributed by atoms with Crippen molar-refractivity contribution in [2.75, 3.05) is 26.2 Å². The van der Waals surface area contributed by atoms with Gasteiger partial charge in [-0.3, -0.25) is 0 Å². The summed E-state index contributed by atoms with van der Waals surface area (Å²) in [6.45, 7) is 6.60. The number of benzene rings is 1. The van der Waals surface area contributed by atoms with Crippen molar-refractivity contribution in [3.8, 4) is 0 Å². The number of nitrogens with one attached hydrogen (secondary N) is 2. The minimum absolute atomic E-state index is 1.08. The Morgan fingerprint density at radius 2 is 1.56 bits per heavy atom. The Labute approximate surface area is 99.5 Å². The maximum atomic E-state index is 3.45. The van der Waals surface area contributed by atoms with E-state index >= 15 is 0 Å². The van der Waals surface area contributed by atoms with Gasteiger partial charge in [-0.25, -0.2) is 0 Å². The molecule has 0 saturated carbocycles. The Morgan fingerprint density at radius 3 is 2.25 bits per heavy atom. The van der Waals surface area contributed by atoms with Crippen LogP contribution >= 0.6 is 0 Å². The second kappa shape index (κ2) is 9.37. The Bertz CT molecular complexity index is 246. The normalized spacial score (nSPS) is 10.6. The van der Waals surface area contributed by atoms with Crippen molar-refractivity contribution in [1.82, 2.24) is 10.6 Å². The zero-order chi connectivity index (χ0) is 11.5. The molecule has 2 nitrogen and oxygen atoms in total. The highest BCUT2D eigenvalue weighted by atomic mass is 14.9. The van der Waals surface area contributed by atoms with Crippen LogP contribution in [0.4, 0.5) is 0 Å². The van der Waals surface area contributed by atoms with Crippen LogP contribution in [-0.4, -0.2) is 26.2 Å². The van der Waals surface area contributed by atoms with Gasteiger partial charge >= 0.3 is 0 Å². The van der Waals surface area contributed by atoms with Gasteiger partial charge in [0.2, 0.25) is 0 Å². The van der Waals surface area contributed by atoms with Crippen LogP contribution in [0.2, 0.25) is 0 Å². The molecule has 0 aromatic heterocycles. The topological polar surface area (TPSA) is 24.1 Å². The Morgan fingerprint density at radius 1 is 0.875 bits per heavy atom. The third kappa shape index (κ3) is 6.59. The third-order valence-electron chi connectivity index (χ3n) is 2.57. The second-order valence-electron chi connectivity index (χ2n) is 4.09. The first-order valence-corrected chi connectivity index (χ1v) is 6.39. The first kappa shape index (κ1) is 13.2. The van der Waals surface area contributed by atoms with Gasteiger partial charge in [0.25, 0.3) is 0 Å². The van der Waals surface area contributed by atoms with E-state index in [4.69, 9.17) is 0 Å². The largest absolute Gasteiger partial charge is 0.315 e. The smallest absolute Gasteiger partial charge is 0.00767 e. The van der Waals surface area contributed by atoms with Gasteiger partial charge in [-0.05, 0) is 37.9 Å². The highest BCUT2D eigenvalue weighted by Gasteiger charge is 1.91. The molecular formula is C14H24N2. The second-order valence-corrected chi connectivity index (χ2v) is 4.09. The fourth-order valence-electron chi connectivity index (χ4n) is 1.67. The quantitative estimate of drug-likeness (QED) is 0.624. The average molecular weight is 220 g/mol. The van der Waals surface area contributed by atoms with Crippen LogP contribution in [0.25, 0.3) is 0 Å². The molecule has 0 radical (unpaired) electrons. The molecule has 0 spiro atoms. The van der Waals surface area contributed by atoms with E-state index < -0.39 is 0 Å². The highest BCUT2D eigenvalue weighted by Crippen LogP contribution is 2.01. The van der Waals surface area contributed by atoms with Crippen molar-refractivity contribution in [3.63, 3.8) is 0 Å². The number of hydrogen-bond acceptors (Lipinski definition) is 2. The predicted molar refractivity (Wildman–Crippen MR) is 70.8 cm³/mol. The predicted octanol–water partition coefficient (Wildman–Crippen LogP) is 2.21. The molecular weight excluding hydrogens is 196 g/mol. The monoisotopic (exact) mass is 220 g/mol. The van der Waals surface area contributed by atoms with Crippen LogP contribution in [0.3, 0.4) is 0 Å². The van der Waals surface area contributed by atoms with Crippen LogP contribution in [0, 0.1) is 0 Å². The molecule has 0 aliphatic heterocycles. The van der Waals surface area contributed by atoms with Crippen molar-refractivity contribution in [2.24, 2.45) is 0 Å². The molecule has 2 N–H and O–H groups in total. The van der Waals surface area contributed by atoms with Gasteiger partial charge < -0.3 is 10.6 Å². The van der Waals surface area contributed by atoms with Gasteiger partial charge in [-0.15, -0.1) is 0 Å². The third-order valence-corrected chi connectivity index (χ3v) is 2.57. The molecule has 0 unspecified atom stereocenters. The fraction of sp³-hybridized carbons (Fsp3) is 0.571. The Hall–Kier alpha value is -0.860. The highest BCUT2D eigenvalue weighted by molar-refractivity contribution is 5.14. The van der Waals surface area contributed by atoms with Crippen molar-refractivity contribution in [3.05, 3.63) is 35.9 Å². The summed E-state index contributed by atoms with van der Waals surface area (Å²) in [5.41, 5.74) is 1.44. The summed E-state index contributed by atoms with van der Waals surface area (Å²) >= 11 is 0. The fourth-order valence-corrected chi connectivity index (χ4v) is 1.67. The van der Waals surface area contributed by atoms with Crippen molar-refractivity contribution >= 4 is 0 Å². The van der Waals surface area contributed by atoms with E-state index in [9.17, 15) is 0 Å². The van der Waals surface area contributed by atoms with E-state index in [1.807, 2.05) is 0 Å². The first-order valence-electron chi connectivity index (χ1n) is 6.39. The van der Waals surface area contributed by atoms with Gasteiger partial charge in [0.1, 0.15) is 0 Å². The molecule has 0 aliphatic carbocycles. The lowest BCUT2D eigenvalue weighted by molar-refractivity contribution is 0.593. The van der Waals surface area contributed by atoms with Crippen LogP contribution in [0.1, 0.15) is 25.3 Å². The van der Waals surface area contributed by atoms with E-state index in [2.05, 4.69) is 47.9 Å². The molecule has 1 rings (SSSR count). The molecule has 0 heterocycles. The molecule has 0 saturated heterocycles. The zero-order valence-electron chi connectivity index (χ0n) is 10.3. The van der Waals surface area contributed by atoms with Gasteiger partial charge in [0.05, 0.1) is 0 Å². The summed E-state index contributed by atoms with van der Waals surface area (Å²) in [5, 5.41) is 6.83. The Kier molecular flexibility index (Phi) is 7.74. The molecule has 1 aromatic carbocycles. The number of aryl methyl sites for hydroxylation is 1. The SMILES string of the molecule is CCCNCCNCCCc1ccccc1. The molecule has 0 aliphatic rings. The summed E-state index contributed by atoms with van der Waals surface area (Å²) in [6, 6.07) is 10.7. The van der Waals surface area contributed by atoms with E-state index in [0.29, 0.717) is 0 Å². The molecule has 1 aromatic rings. The lowest BCUT2D eigenvalue weighted by atomic mass is 10.1. The van der Waals surface area contributed by atoms with E-state index in [-0.39, 0.29) is 0 Å². The number of rotatable bonds is 9. The van der Waals surface area contributed by atoms with Gasteiger partial charge in [0.15, 0.2) is 0 Å².